The zero-order valence-corrected chi connectivity index (χ0v) is 6.43. The Bertz CT molecular complexity index is 171. The highest BCUT2D eigenvalue weighted by molar-refractivity contribution is 7.99. The number of rotatable bonds is 0. The van der Waals surface area contributed by atoms with Gasteiger partial charge in [-0.25, -0.2) is 4.99 Å². The highest BCUT2D eigenvalue weighted by Crippen LogP contribution is 2.31. The van der Waals surface area contributed by atoms with E-state index in [9.17, 15) is 0 Å². The van der Waals surface area contributed by atoms with Crippen LogP contribution in [0.15, 0.2) is 4.99 Å². The summed E-state index contributed by atoms with van der Waals surface area (Å²) >= 11 is 1.82. The fourth-order valence-electron chi connectivity index (χ4n) is 1.29. The Balaban J connectivity index is 2.06. The third kappa shape index (κ3) is 0.963. The largest absolute Gasteiger partial charge is 0.449 e. The van der Waals surface area contributed by atoms with Crippen molar-refractivity contribution < 1.29 is 4.74 Å². The molecule has 4 heteroatoms. The van der Waals surface area contributed by atoms with E-state index < -0.39 is 0 Å². The van der Waals surface area contributed by atoms with Crippen molar-refractivity contribution >= 4 is 17.8 Å². The molecule has 1 fully saturated rings. The number of nitrogens with zero attached hydrogens (tertiary/aromatic N) is 1. The molecule has 0 aromatic heterocycles. The summed E-state index contributed by atoms with van der Waals surface area (Å²) in [6.07, 6.45) is 2.38. The van der Waals surface area contributed by atoms with E-state index >= 15 is 0 Å². The first-order valence-corrected chi connectivity index (χ1v) is 4.53. The number of hydrogen-bond donors (Lipinski definition) is 1. The lowest BCUT2D eigenvalue weighted by Crippen LogP contribution is -2.24. The molecule has 1 saturated heterocycles. The van der Waals surface area contributed by atoms with Crippen molar-refractivity contribution in [1.29, 1.82) is 0 Å². The van der Waals surface area contributed by atoms with Gasteiger partial charge in [-0.15, -0.1) is 11.8 Å². The van der Waals surface area contributed by atoms with Crippen molar-refractivity contribution in [1.82, 2.24) is 0 Å². The highest BCUT2D eigenvalue weighted by Gasteiger charge is 2.32. The number of amidine groups is 1. The van der Waals surface area contributed by atoms with Gasteiger partial charge < -0.3 is 10.5 Å². The van der Waals surface area contributed by atoms with Gasteiger partial charge in [-0.1, -0.05) is 0 Å². The molecule has 2 heterocycles. The molecule has 3 nitrogen and oxygen atoms in total. The number of hydrogen-bond acceptors (Lipinski definition) is 4. The molecule has 2 N–H and O–H groups in total. The Hall–Kier alpha value is -0.380. The molecule has 0 unspecified atom stereocenters. The molecule has 0 radical (unpaired) electrons. The van der Waals surface area contributed by atoms with E-state index in [1.165, 1.54) is 12.2 Å². The Morgan fingerprint density at radius 3 is 3.40 bits per heavy atom. The maximum Gasteiger partial charge on any atom is 0.283 e. The Labute approximate surface area is 64.0 Å². The summed E-state index contributed by atoms with van der Waals surface area (Å²) in [5.74, 6) is 1.18. The SMILES string of the molecule is NC1=N[C@@H]2CCCS[C@@H]2O1. The van der Waals surface area contributed by atoms with E-state index in [1.54, 1.807) is 0 Å². The minimum atomic E-state index is 0.230. The van der Waals surface area contributed by atoms with E-state index in [-0.39, 0.29) is 5.44 Å². The summed E-state index contributed by atoms with van der Waals surface area (Å²) in [5.41, 5.74) is 5.64. The van der Waals surface area contributed by atoms with Gasteiger partial charge in [0.05, 0.1) is 0 Å². The molecule has 2 aliphatic rings. The van der Waals surface area contributed by atoms with E-state index in [0.29, 0.717) is 12.1 Å². The molecule has 56 valence electrons. The number of ether oxygens (including phenoxy) is 1. The fourth-order valence-corrected chi connectivity index (χ4v) is 2.44. The van der Waals surface area contributed by atoms with Gasteiger partial charge in [0, 0.05) is 0 Å². The van der Waals surface area contributed by atoms with Gasteiger partial charge in [0.25, 0.3) is 6.02 Å². The first kappa shape index (κ1) is 6.34. The standard InChI is InChI=1S/C6H10N2OS/c7-6-8-4-2-1-3-10-5(4)9-6/h4-5H,1-3H2,(H2,7,8)/t4-,5+/m1/s1. The van der Waals surface area contributed by atoms with Crippen LogP contribution in [0.4, 0.5) is 0 Å². The van der Waals surface area contributed by atoms with Crippen molar-refractivity contribution in [3.05, 3.63) is 0 Å². The van der Waals surface area contributed by atoms with Crippen LogP contribution >= 0.6 is 11.8 Å². The van der Waals surface area contributed by atoms with E-state index in [2.05, 4.69) is 4.99 Å². The minimum Gasteiger partial charge on any atom is -0.449 e. The number of thioether (sulfide) groups is 1. The first-order chi connectivity index (χ1) is 4.86. The maximum atomic E-state index is 5.41. The molecule has 0 aromatic carbocycles. The Morgan fingerprint density at radius 1 is 1.70 bits per heavy atom. The summed E-state index contributed by atoms with van der Waals surface area (Å²) in [7, 11) is 0. The zero-order chi connectivity index (χ0) is 6.97. The van der Waals surface area contributed by atoms with Crippen molar-refractivity contribution in [2.45, 2.75) is 24.3 Å². The molecule has 0 aliphatic carbocycles. The molecule has 10 heavy (non-hydrogen) atoms. The third-order valence-corrected chi connectivity index (χ3v) is 3.03. The molecule has 2 aliphatic heterocycles. The van der Waals surface area contributed by atoms with Crippen molar-refractivity contribution in [2.24, 2.45) is 10.7 Å². The summed E-state index contributed by atoms with van der Waals surface area (Å²) in [5, 5.41) is 0. The van der Waals surface area contributed by atoms with Crippen LogP contribution in [0.3, 0.4) is 0 Å². The van der Waals surface area contributed by atoms with E-state index in [0.717, 1.165) is 6.42 Å². The average molecular weight is 158 g/mol. The molecule has 2 rings (SSSR count). The van der Waals surface area contributed by atoms with Gasteiger partial charge in [-0.05, 0) is 18.6 Å². The molecule has 0 amide bonds. The van der Waals surface area contributed by atoms with Crippen LogP contribution in [0.5, 0.6) is 0 Å². The topological polar surface area (TPSA) is 47.6 Å². The van der Waals surface area contributed by atoms with Crippen molar-refractivity contribution in [3.8, 4) is 0 Å². The highest BCUT2D eigenvalue weighted by atomic mass is 32.2. The summed E-state index contributed by atoms with van der Waals surface area (Å²) in [6.45, 7) is 0. The van der Waals surface area contributed by atoms with E-state index in [4.69, 9.17) is 10.5 Å². The normalized spacial score (nSPS) is 38.2. The molecular formula is C6H10N2OS. The van der Waals surface area contributed by atoms with Crippen molar-refractivity contribution in [3.63, 3.8) is 0 Å². The quantitative estimate of drug-likeness (QED) is 0.560. The van der Waals surface area contributed by atoms with Crippen LogP contribution in [-0.4, -0.2) is 23.3 Å². The van der Waals surface area contributed by atoms with E-state index in [1.807, 2.05) is 11.8 Å². The predicted octanol–water partition coefficient (Wildman–Crippen LogP) is 0.553. The predicted molar refractivity (Wildman–Crippen MR) is 42.0 cm³/mol. The Morgan fingerprint density at radius 2 is 2.60 bits per heavy atom. The van der Waals surface area contributed by atoms with Crippen molar-refractivity contribution in [2.75, 3.05) is 5.75 Å². The zero-order valence-electron chi connectivity index (χ0n) is 5.62. The van der Waals surface area contributed by atoms with Gasteiger partial charge >= 0.3 is 0 Å². The molecule has 0 spiro atoms. The second-order valence-electron chi connectivity index (χ2n) is 2.53. The smallest absolute Gasteiger partial charge is 0.283 e. The van der Waals surface area contributed by atoms with Gasteiger partial charge in [-0.3, -0.25) is 0 Å². The fraction of sp³-hybridized carbons (Fsp3) is 0.833. The Kier molecular flexibility index (Phi) is 1.48. The lowest BCUT2D eigenvalue weighted by Gasteiger charge is -2.20. The minimum absolute atomic E-state index is 0.230. The summed E-state index contributed by atoms with van der Waals surface area (Å²) < 4.78 is 5.26. The first-order valence-electron chi connectivity index (χ1n) is 3.48. The third-order valence-electron chi connectivity index (χ3n) is 1.77. The van der Waals surface area contributed by atoms with Crippen LogP contribution in [0.25, 0.3) is 0 Å². The number of nitrogens with two attached hydrogens (primary N) is 1. The second-order valence-corrected chi connectivity index (χ2v) is 3.74. The van der Waals surface area contributed by atoms with Crippen LogP contribution in [0, 0.1) is 0 Å². The van der Waals surface area contributed by atoms with Gasteiger partial charge in [0.1, 0.15) is 6.04 Å². The van der Waals surface area contributed by atoms with Gasteiger partial charge in [-0.2, -0.15) is 0 Å². The summed E-state index contributed by atoms with van der Waals surface area (Å²) in [6, 6.07) is 0.725. The lowest BCUT2D eigenvalue weighted by atomic mass is 10.2. The van der Waals surface area contributed by atoms with Crippen LogP contribution in [0.1, 0.15) is 12.8 Å². The van der Waals surface area contributed by atoms with Gasteiger partial charge in [0.2, 0.25) is 0 Å². The molecule has 0 saturated carbocycles. The molecular weight excluding hydrogens is 148 g/mol. The maximum absolute atomic E-state index is 5.41. The van der Waals surface area contributed by atoms with Gasteiger partial charge in [0.15, 0.2) is 5.44 Å². The molecule has 0 aromatic rings. The van der Waals surface area contributed by atoms with Crippen LogP contribution in [0.2, 0.25) is 0 Å². The van der Waals surface area contributed by atoms with Crippen LogP contribution < -0.4 is 5.73 Å². The molecule has 0 bridgehead atoms. The summed E-state index contributed by atoms with van der Waals surface area (Å²) in [4.78, 5) is 4.16. The number of aliphatic imine (C=N–C) groups is 1. The monoisotopic (exact) mass is 158 g/mol. The molecule has 2 atom stereocenters. The average Bonchev–Trinajstić information content (AvgIpc) is 2.27. The second kappa shape index (κ2) is 2.34. The lowest BCUT2D eigenvalue weighted by molar-refractivity contribution is 0.267. The number of fused-ring (bicyclic) bond motifs is 1. The van der Waals surface area contributed by atoms with Crippen LogP contribution in [-0.2, 0) is 4.74 Å².